The third-order valence-electron chi connectivity index (χ3n) is 2.51. The molecule has 0 aliphatic carbocycles. The number of carbonyl (C=O) groups is 1. The Balaban J connectivity index is 1.91. The number of alkyl halides is 1. The lowest BCUT2D eigenvalue weighted by atomic mass is 10.2. The molecule has 1 aromatic heterocycles. The molecule has 0 aliphatic heterocycles. The molecular weight excluding hydrogens is 282 g/mol. The summed E-state index contributed by atoms with van der Waals surface area (Å²) in [5, 5.41) is 3.92. The third kappa shape index (κ3) is 7.15. The number of amides is 1. The standard InChI is InChI=1S/C12H20BrN3O/c13-6-2-1-5-12(17)15-7-3-4-9-16-10-8-14-11-16/h8,10-11H,1-7,9H2,(H,15,17). The van der Waals surface area contributed by atoms with Crippen molar-refractivity contribution in [3.63, 3.8) is 0 Å². The molecule has 0 bridgehead atoms. The van der Waals surface area contributed by atoms with Gasteiger partial charge in [0, 0.05) is 37.2 Å². The Morgan fingerprint density at radius 1 is 1.29 bits per heavy atom. The van der Waals surface area contributed by atoms with Gasteiger partial charge in [-0.1, -0.05) is 15.9 Å². The molecule has 0 aliphatic rings. The predicted molar refractivity (Wildman–Crippen MR) is 72.1 cm³/mol. The van der Waals surface area contributed by atoms with Crippen molar-refractivity contribution in [3.8, 4) is 0 Å². The Hall–Kier alpha value is -0.840. The molecule has 1 N–H and O–H groups in total. The van der Waals surface area contributed by atoms with Crippen LogP contribution in [-0.2, 0) is 11.3 Å². The zero-order valence-electron chi connectivity index (χ0n) is 10.1. The van der Waals surface area contributed by atoms with E-state index < -0.39 is 0 Å². The zero-order valence-corrected chi connectivity index (χ0v) is 11.7. The Kier molecular flexibility index (Phi) is 7.71. The molecule has 0 atom stereocenters. The largest absolute Gasteiger partial charge is 0.356 e. The number of aromatic nitrogens is 2. The van der Waals surface area contributed by atoms with E-state index in [9.17, 15) is 4.79 Å². The van der Waals surface area contributed by atoms with E-state index in [-0.39, 0.29) is 5.91 Å². The minimum atomic E-state index is 0.175. The fraction of sp³-hybridized carbons (Fsp3) is 0.667. The second-order valence-corrected chi connectivity index (χ2v) is 4.80. The van der Waals surface area contributed by atoms with Crippen LogP contribution in [-0.4, -0.2) is 27.3 Å². The highest BCUT2D eigenvalue weighted by Crippen LogP contribution is 1.99. The van der Waals surface area contributed by atoms with Gasteiger partial charge in [-0.25, -0.2) is 4.98 Å². The number of unbranched alkanes of at least 4 members (excludes halogenated alkanes) is 2. The second kappa shape index (κ2) is 9.22. The SMILES string of the molecule is O=C(CCCCBr)NCCCCn1ccnc1. The number of hydrogen-bond acceptors (Lipinski definition) is 2. The van der Waals surface area contributed by atoms with Gasteiger partial charge in [-0.05, 0) is 25.7 Å². The normalized spacial score (nSPS) is 10.4. The van der Waals surface area contributed by atoms with Crippen LogP contribution in [0.15, 0.2) is 18.7 Å². The second-order valence-electron chi connectivity index (χ2n) is 4.00. The van der Waals surface area contributed by atoms with Crippen LogP contribution < -0.4 is 5.32 Å². The molecule has 0 fully saturated rings. The van der Waals surface area contributed by atoms with E-state index in [1.165, 1.54) is 0 Å². The monoisotopic (exact) mass is 301 g/mol. The average Bonchev–Trinajstić information content (AvgIpc) is 2.82. The van der Waals surface area contributed by atoms with E-state index in [1.54, 1.807) is 6.20 Å². The van der Waals surface area contributed by atoms with Crippen LogP contribution in [0.5, 0.6) is 0 Å². The van der Waals surface area contributed by atoms with E-state index in [1.807, 2.05) is 12.5 Å². The van der Waals surface area contributed by atoms with E-state index in [4.69, 9.17) is 0 Å². The molecule has 0 radical (unpaired) electrons. The number of nitrogens with one attached hydrogen (secondary N) is 1. The van der Waals surface area contributed by atoms with Gasteiger partial charge in [0.25, 0.3) is 0 Å². The van der Waals surface area contributed by atoms with Gasteiger partial charge in [-0.15, -0.1) is 0 Å². The molecule has 0 aromatic carbocycles. The van der Waals surface area contributed by atoms with Gasteiger partial charge in [0.15, 0.2) is 0 Å². The van der Waals surface area contributed by atoms with Crippen molar-refractivity contribution in [1.29, 1.82) is 0 Å². The van der Waals surface area contributed by atoms with Gasteiger partial charge in [-0.2, -0.15) is 0 Å². The highest BCUT2D eigenvalue weighted by Gasteiger charge is 1.99. The van der Waals surface area contributed by atoms with Crippen molar-refractivity contribution in [1.82, 2.24) is 14.9 Å². The minimum absolute atomic E-state index is 0.175. The maximum Gasteiger partial charge on any atom is 0.219 e. The molecule has 0 saturated heterocycles. The van der Waals surface area contributed by atoms with Crippen molar-refractivity contribution in [3.05, 3.63) is 18.7 Å². The summed E-state index contributed by atoms with van der Waals surface area (Å²) in [7, 11) is 0. The minimum Gasteiger partial charge on any atom is -0.356 e. The number of rotatable bonds is 9. The summed E-state index contributed by atoms with van der Waals surface area (Å²) < 4.78 is 2.05. The topological polar surface area (TPSA) is 46.9 Å². The predicted octanol–water partition coefficient (Wildman–Crippen LogP) is 2.34. The molecular formula is C12H20BrN3O. The molecule has 0 saturated carbocycles. The fourth-order valence-electron chi connectivity index (χ4n) is 1.53. The van der Waals surface area contributed by atoms with Crippen LogP contribution in [0.2, 0.25) is 0 Å². The van der Waals surface area contributed by atoms with Crippen LogP contribution in [0.4, 0.5) is 0 Å². The van der Waals surface area contributed by atoms with E-state index >= 15 is 0 Å². The summed E-state index contributed by atoms with van der Waals surface area (Å²) in [4.78, 5) is 15.3. The first-order valence-electron chi connectivity index (χ1n) is 6.11. The highest BCUT2D eigenvalue weighted by atomic mass is 79.9. The lowest BCUT2D eigenvalue weighted by molar-refractivity contribution is -0.121. The van der Waals surface area contributed by atoms with Gasteiger partial charge in [0.2, 0.25) is 5.91 Å². The number of halogens is 1. The van der Waals surface area contributed by atoms with Crippen LogP contribution in [0, 0.1) is 0 Å². The summed E-state index contributed by atoms with van der Waals surface area (Å²) in [6, 6.07) is 0. The van der Waals surface area contributed by atoms with Crippen LogP contribution in [0.1, 0.15) is 32.1 Å². The lowest BCUT2D eigenvalue weighted by Gasteiger charge is -2.05. The summed E-state index contributed by atoms with van der Waals surface area (Å²) in [5.74, 6) is 0.175. The highest BCUT2D eigenvalue weighted by molar-refractivity contribution is 9.09. The summed E-state index contributed by atoms with van der Waals surface area (Å²) in [5.41, 5.74) is 0. The summed E-state index contributed by atoms with van der Waals surface area (Å²) in [6.07, 6.45) is 10.3. The Morgan fingerprint density at radius 2 is 2.18 bits per heavy atom. The van der Waals surface area contributed by atoms with Crippen LogP contribution in [0.25, 0.3) is 0 Å². The van der Waals surface area contributed by atoms with Gasteiger partial charge in [0.05, 0.1) is 6.33 Å². The van der Waals surface area contributed by atoms with Crippen LogP contribution >= 0.6 is 15.9 Å². The maximum absolute atomic E-state index is 11.4. The zero-order chi connectivity index (χ0) is 12.3. The van der Waals surface area contributed by atoms with E-state index in [0.717, 1.165) is 44.1 Å². The number of nitrogens with zero attached hydrogens (tertiary/aromatic N) is 2. The molecule has 0 unspecified atom stereocenters. The summed E-state index contributed by atoms with van der Waals surface area (Å²) in [6.45, 7) is 1.75. The Bertz CT molecular complexity index is 301. The Morgan fingerprint density at radius 3 is 2.88 bits per heavy atom. The molecule has 17 heavy (non-hydrogen) atoms. The third-order valence-corrected chi connectivity index (χ3v) is 3.07. The molecule has 5 heteroatoms. The van der Waals surface area contributed by atoms with Gasteiger partial charge >= 0.3 is 0 Å². The number of imidazole rings is 1. The van der Waals surface area contributed by atoms with E-state index in [2.05, 4.69) is 30.8 Å². The lowest BCUT2D eigenvalue weighted by Crippen LogP contribution is -2.24. The number of hydrogen-bond donors (Lipinski definition) is 1. The molecule has 1 rings (SSSR count). The number of aryl methyl sites for hydroxylation is 1. The van der Waals surface area contributed by atoms with Crippen molar-refractivity contribution in [2.75, 3.05) is 11.9 Å². The molecule has 1 aromatic rings. The maximum atomic E-state index is 11.4. The first kappa shape index (κ1) is 14.2. The van der Waals surface area contributed by atoms with Crippen LogP contribution in [0.3, 0.4) is 0 Å². The summed E-state index contributed by atoms with van der Waals surface area (Å²) >= 11 is 3.35. The van der Waals surface area contributed by atoms with Crippen molar-refractivity contribution in [2.24, 2.45) is 0 Å². The first-order valence-corrected chi connectivity index (χ1v) is 7.23. The molecule has 1 heterocycles. The molecule has 4 nitrogen and oxygen atoms in total. The fourth-order valence-corrected chi connectivity index (χ4v) is 1.93. The van der Waals surface area contributed by atoms with Gasteiger partial charge in [-0.3, -0.25) is 4.79 Å². The Labute approximate surface area is 111 Å². The molecule has 96 valence electrons. The van der Waals surface area contributed by atoms with Crippen molar-refractivity contribution >= 4 is 21.8 Å². The van der Waals surface area contributed by atoms with Crippen molar-refractivity contribution in [2.45, 2.75) is 38.6 Å². The molecule has 1 amide bonds. The van der Waals surface area contributed by atoms with E-state index in [0.29, 0.717) is 6.42 Å². The number of carbonyl (C=O) groups excluding carboxylic acids is 1. The van der Waals surface area contributed by atoms with Crippen molar-refractivity contribution < 1.29 is 4.79 Å². The molecule has 0 spiro atoms. The van der Waals surface area contributed by atoms with Gasteiger partial charge in [0.1, 0.15) is 0 Å². The average molecular weight is 302 g/mol. The van der Waals surface area contributed by atoms with Gasteiger partial charge < -0.3 is 9.88 Å². The first-order chi connectivity index (χ1) is 8.33. The smallest absolute Gasteiger partial charge is 0.219 e. The quantitative estimate of drug-likeness (QED) is 0.562.